The highest BCUT2D eigenvalue weighted by Gasteiger charge is 2.20. The predicted octanol–water partition coefficient (Wildman–Crippen LogP) is 2.22. The van der Waals surface area contributed by atoms with Gasteiger partial charge < -0.3 is 10.8 Å². The number of hydrogen-bond acceptors (Lipinski definition) is 2. The van der Waals surface area contributed by atoms with Gasteiger partial charge in [-0.25, -0.2) is 13.2 Å². The average Bonchev–Trinajstić information content (AvgIpc) is 2.08. The van der Waals surface area contributed by atoms with Gasteiger partial charge in [-0.2, -0.15) is 0 Å². The Morgan fingerprint density at radius 3 is 2.36 bits per heavy atom. The van der Waals surface area contributed by atoms with Crippen molar-refractivity contribution in [3.63, 3.8) is 0 Å². The van der Waals surface area contributed by atoms with Gasteiger partial charge in [0, 0.05) is 5.56 Å². The molecule has 6 heteroatoms. The third-order valence-corrected chi connectivity index (χ3v) is 1.62. The highest BCUT2D eigenvalue weighted by Crippen LogP contribution is 2.27. The first kappa shape index (κ1) is 13.1. The van der Waals surface area contributed by atoms with Gasteiger partial charge >= 0.3 is 0 Å². The minimum Gasteiger partial charge on any atom is -0.508 e. The molecular formula is C8H9ClF3NO. The molecule has 0 aliphatic heterocycles. The van der Waals surface area contributed by atoms with E-state index in [1.165, 1.54) is 0 Å². The van der Waals surface area contributed by atoms with Gasteiger partial charge in [0.25, 0.3) is 6.43 Å². The van der Waals surface area contributed by atoms with Crippen LogP contribution < -0.4 is 5.73 Å². The van der Waals surface area contributed by atoms with Gasteiger partial charge in [0.2, 0.25) is 0 Å². The molecule has 3 N–H and O–H groups in total. The molecule has 0 aromatic heterocycles. The Balaban J connectivity index is 0.00000169. The van der Waals surface area contributed by atoms with E-state index in [2.05, 4.69) is 0 Å². The molecule has 0 amide bonds. The standard InChI is InChI=1S/C8H8F3NO.ClH/c9-4-1-2-6(13)5(3-4)7(12)8(10)11;/h1-3,7-8,13H,12H2;1H/t7-;/m1./s1. The van der Waals surface area contributed by atoms with Crippen LogP contribution in [0, 0.1) is 5.82 Å². The summed E-state index contributed by atoms with van der Waals surface area (Å²) in [5, 5.41) is 9.07. The lowest BCUT2D eigenvalue weighted by molar-refractivity contribution is 0.115. The topological polar surface area (TPSA) is 46.2 Å². The maximum Gasteiger partial charge on any atom is 0.257 e. The number of halogens is 4. The first-order valence-corrected chi connectivity index (χ1v) is 3.54. The molecule has 0 heterocycles. The van der Waals surface area contributed by atoms with E-state index in [1.807, 2.05) is 0 Å². The van der Waals surface area contributed by atoms with E-state index in [1.54, 1.807) is 0 Å². The summed E-state index contributed by atoms with van der Waals surface area (Å²) in [4.78, 5) is 0. The second-order valence-corrected chi connectivity index (χ2v) is 2.56. The Bertz CT molecular complexity index is 309. The van der Waals surface area contributed by atoms with Crippen molar-refractivity contribution in [1.82, 2.24) is 0 Å². The molecule has 0 bridgehead atoms. The lowest BCUT2D eigenvalue weighted by atomic mass is 10.1. The summed E-state index contributed by atoms with van der Waals surface area (Å²) in [5.74, 6) is -1.13. The van der Waals surface area contributed by atoms with Crippen molar-refractivity contribution in [2.24, 2.45) is 5.73 Å². The fourth-order valence-electron chi connectivity index (χ4n) is 0.928. The van der Waals surface area contributed by atoms with Crippen LogP contribution in [-0.4, -0.2) is 11.5 Å². The molecule has 1 aromatic carbocycles. The molecule has 0 fully saturated rings. The van der Waals surface area contributed by atoms with Gasteiger partial charge in [0.05, 0.1) is 6.04 Å². The first-order chi connectivity index (χ1) is 6.02. The summed E-state index contributed by atoms with van der Waals surface area (Å²) in [6.07, 6.45) is -2.83. The van der Waals surface area contributed by atoms with Crippen molar-refractivity contribution >= 4 is 12.4 Å². The van der Waals surface area contributed by atoms with E-state index < -0.39 is 24.0 Å². The molecule has 0 aliphatic rings. The summed E-state index contributed by atoms with van der Waals surface area (Å²) in [7, 11) is 0. The largest absolute Gasteiger partial charge is 0.508 e. The number of nitrogens with two attached hydrogens (primary N) is 1. The van der Waals surface area contributed by atoms with E-state index in [0.717, 1.165) is 18.2 Å². The predicted molar refractivity (Wildman–Crippen MR) is 48.2 cm³/mol. The number of hydrogen-bond donors (Lipinski definition) is 2. The summed E-state index contributed by atoms with van der Waals surface area (Å²) < 4.78 is 36.7. The molecule has 0 saturated heterocycles. The van der Waals surface area contributed by atoms with Crippen LogP contribution in [0.15, 0.2) is 18.2 Å². The zero-order valence-corrected chi connectivity index (χ0v) is 7.77. The number of phenolic OH excluding ortho intramolecular Hbond substituents is 1. The van der Waals surface area contributed by atoms with Crippen molar-refractivity contribution < 1.29 is 18.3 Å². The second-order valence-electron chi connectivity index (χ2n) is 2.56. The number of alkyl halides is 2. The summed E-state index contributed by atoms with van der Waals surface area (Å²) in [6, 6.07) is 1.10. The Kier molecular flexibility index (Phi) is 4.73. The van der Waals surface area contributed by atoms with Crippen LogP contribution in [0.5, 0.6) is 5.75 Å². The van der Waals surface area contributed by atoms with Gasteiger partial charge in [0.15, 0.2) is 0 Å². The minimum absolute atomic E-state index is 0. The molecule has 0 aliphatic carbocycles. The van der Waals surface area contributed by atoms with Gasteiger partial charge in [0.1, 0.15) is 11.6 Å². The highest BCUT2D eigenvalue weighted by atomic mass is 35.5. The lowest BCUT2D eigenvalue weighted by Gasteiger charge is -2.12. The Morgan fingerprint density at radius 1 is 1.29 bits per heavy atom. The molecule has 0 radical (unpaired) electrons. The quantitative estimate of drug-likeness (QED) is 0.814. The van der Waals surface area contributed by atoms with E-state index in [-0.39, 0.29) is 18.0 Å². The fourth-order valence-corrected chi connectivity index (χ4v) is 0.928. The normalized spacial score (nSPS) is 12.4. The number of phenols is 1. The zero-order valence-electron chi connectivity index (χ0n) is 6.95. The molecule has 0 unspecified atom stereocenters. The van der Waals surface area contributed by atoms with Crippen LogP contribution in [0.25, 0.3) is 0 Å². The Morgan fingerprint density at radius 2 is 1.86 bits per heavy atom. The van der Waals surface area contributed by atoms with Crippen LogP contribution >= 0.6 is 12.4 Å². The van der Waals surface area contributed by atoms with E-state index in [9.17, 15) is 13.2 Å². The van der Waals surface area contributed by atoms with Gasteiger partial charge in [-0.1, -0.05) is 0 Å². The maximum atomic E-state index is 12.6. The molecule has 1 aromatic rings. The summed E-state index contributed by atoms with van der Waals surface area (Å²) in [6.45, 7) is 0. The third kappa shape index (κ3) is 2.78. The summed E-state index contributed by atoms with van der Waals surface area (Å²) >= 11 is 0. The minimum atomic E-state index is -2.83. The van der Waals surface area contributed by atoms with Gasteiger partial charge in [-0.15, -0.1) is 12.4 Å². The molecule has 80 valence electrons. The second kappa shape index (κ2) is 5.07. The van der Waals surface area contributed by atoms with Crippen LogP contribution in [0.2, 0.25) is 0 Å². The van der Waals surface area contributed by atoms with E-state index in [4.69, 9.17) is 10.8 Å². The smallest absolute Gasteiger partial charge is 0.257 e. The number of benzene rings is 1. The van der Waals surface area contributed by atoms with Crippen LogP contribution in [0.1, 0.15) is 11.6 Å². The van der Waals surface area contributed by atoms with E-state index >= 15 is 0 Å². The van der Waals surface area contributed by atoms with Gasteiger partial charge in [-0.3, -0.25) is 0 Å². The molecule has 14 heavy (non-hydrogen) atoms. The van der Waals surface area contributed by atoms with Crippen LogP contribution in [0.4, 0.5) is 13.2 Å². The molecule has 0 spiro atoms. The summed E-state index contributed by atoms with van der Waals surface area (Å²) in [5.41, 5.74) is 4.75. The van der Waals surface area contributed by atoms with E-state index in [0.29, 0.717) is 0 Å². The fraction of sp³-hybridized carbons (Fsp3) is 0.250. The number of rotatable bonds is 2. The zero-order chi connectivity index (χ0) is 10.0. The number of aromatic hydroxyl groups is 1. The van der Waals surface area contributed by atoms with Crippen LogP contribution in [-0.2, 0) is 0 Å². The molecular weight excluding hydrogens is 219 g/mol. The van der Waals surface area contributed by atoms with Crippen molar-refractivity contribution in [2.75, 3.05) is 0 Å². The van der Waals surface area contributed by atoms with Crippen molar-refractivity contribution in [3.8, 4) is 5.75 Å². The van der Waals surface area contributed by atoms with Gasteiger partial charge in [-0.05, 0) is 18.2 Å². The Hall–Kier alpha value is -0.940. The Labute approximate surface area is 84.9 Å². The first-order valence-electron chi connectivity index (χ1n) is 3.54. The SMILES string of the molecule is Cl.N[C@H](c1cc(F)ccc1O)C(F)F. The van der Waals surface area contributed by atoms with Crippen LogP contribution in [0.3, 0.4) is 0 Å². The maximum absolute atomic E-state index is 12.6. The molecule has 1 rings (SSSR count). The van der Waals surface area contributed by atoms with Crippen molar-refractivity contribution in [3.05, 3.63) is 29.6 Å². The average molecular weight is 228 g/mol. The molecule has 2 nitrogen and oxygen atoms in total. The molecule has 0 saturated carbocycles. The van der Waals surface area contributed by atoms with Crippen molar-refractivity contribution in [1.29, 1.82) is 0 Å². The monoisotopic (exact) mass is 227 g/mol. The lowest BCUT2D eigenvalue weighted by Crippen LogP contribution is -2.19. The highest BCUT2D eigenvalue weighted by molar-refractivity contribution is 5.85. The third-order valence-electron chi connectivity index (χ3n) is 1.62. The van der Waals surface area contributed by atoms with Crippen molar-refractivity contribution in [2.45, 2.75) is 12.5 Å². The molecule has 1 atom stereocenters.